The topological polar surface area (TPSA) is 8.17 Å². The molecule has 4 rings (SSSR count). The smallest absolute Gasteiger partial charge is 0.0675 e. The zero-order chi connectivity index (χ0) is 18.4. The Morgan fingerprint density at radius 2 is 1.81 bits per heavy atom. The maximum Gasteiger partial charge on any atom is 0.0675 e. The van der Waals surface area contributed by atoms with Crippen molar-refractivity contribution in [3.8, 4) is 0 Å². The van der Waals surface area contributed by atoms with E-state index in [-0.39, 0.29) is 0 Å². The van der Waals surface area contributed by atoms with E-state index in [4.69, 9.17) is 11.6 Å². The van der Waals surface area contributed by atoms with Gasteiger partial charge in [-0.15, -0.1) is 0 Å². The Hall–Kier alpha value is -1.77. The lowest BCUT2D eigenvalue weighted by atomic mass is 9.93. The number of halogens is 1. The molecule has 1 aromatic heterocycles. The Morgan fingerprint density at radius 3 is 2.54 bits per heavy atom. The number of benzene rings is 2. The molecule has 0 saturated carbocycles. The first kappa shape index (κ1) is 17.6. The summed E-state index contributed by atoms with van der Waals surface area (Å²) in [7, 11) is 2.23. The van der Waals surface area contributed by atoms with Gasteiger partial charge in [-0.2, -0.15) is 0 Å². The molecule has 0 radical (unpaired) electrons. The van der Waals surface area contributed by atoms with Gasteiger partial charge < -0.3 is 4.57 Å². The van der Waals surface area contributed by atoms with E-state index in [1.165, 1.54) is 33.3 Å². The molecule has 0 aliphatic carbocycles. The van der Waals surface area contributed by atoms with Gasteiger partial charge in [0.25, 0.3) is 0 Å². The van der Waals surface area contributed by atoms with Crippen molar-refractivity contribution in [2.24, 2.45) is 0 Å². The number of likely N-dealkylation sites (N-methyl/N-ethyl adjacent to an activating group) is 1. The predicted octanol–water partition coefficient (Wildman–Crippen LogP) is 5.78. The van der Waals surface area contributed by atoms with Gasteiger partial charge in [-0.05, 0) is 51.4 Å². The summed E-state index contributed by atoms with van der Waals surface area (Å²) in [6.07, 6.45) is 2.11. The van der Waals surface area contributed by atoms with Gasteiger partial charge in [0, 0.05) is 36.1 Å². The lowest BCUT2D eigenvalue weighted by Crippen LogP contribution is -2.38. The van der Waals surface area contributed by atoms with Crippen molar-refractivity contribution in [2.75, 3.05) is 7.05 Å². The highest BCUT2D eigenvalue weighted by Gasteiger charge is 2.32. The van der Waals surface area contributed by atoms with Crippen molar-refractivity contribution in [3.63, 3.8) is 0 Å². The molecule has 3 aromatic rings. The van der Waals surface area contributed by atoms with Crippen LogP contribution in [0.4, 0.5) is 0 Å². The highest BCUT2D eigenvalue weighted by atomic mass is 35.5. The van der Waals surface area contributed by atoms with Crippen LogP contribution in [0.2, 0.25) is 5.02 Å². The Kier molecular flexibility index (Phi) is 4.58. The summed E-state index contributed by atoms with van der Waals surface area (Å²) < 4.78 is 2.49. The van der Waals surface area contributed by atoms with E-state index in [9.17, 15) is 0 Å². The van der Waals surface area contributed by atoms with Gasteiger partial charge in [0.05, 0.1) is 10.5 Å². The Morgan fingerprint density at radius 1 is 1.08 bits per heavy atom. The average molecular weight is 367 g/mol. The van der Waals surface area contributed by atoms with Gasteiger partial charge in [0.15, 0.2) is 0 Å². The fraction of sp³-hybridized carbons (Fsp3) is 0.391. The van der Waals surface area contributed by atoms with Crippen LogP contribution in [0.3, 0.4) is 0 Å². The highest BCUT2D eigenvalue weighted by molar-refractivity contribution is 6.35. The summed E-state index contributed by atoms with van der Waals surface area (Å²) in [4.78, 5) is 2.48. The van der Waals surface area contributed by atoms with Crippen molar-refractivity contribution < 1.29 is 0 Å². The highest BCUT2D eigenvalue weighted by Crippen LogP contribution is 2.41. The average Bonchev–Trinajstić information content (AvgIpc) is 2.94. The van der Waals surface area contributed by atoms with Crippen LogP contribution < -0.4 is 0 Å². The molecule has 1 aliphatic rings. The zero-order valence-corrected chi connectivity index (χ0v) is 16.8. The van der Waals surface area contributed by atoms with Crippen molar-refractivity contribution in [1.29, 1.82) is 0 Å². The number of nitrogens with zero attached hydrogens (tertiary/aromatic N) is 2. The fourth-order valence-electron chi connectivity index (χ4n) is 4.38. The molecular formula is C23H27ClN2. The van der Waals surface area contributed by atoms with Crippen LogP contribution in [-0.2, 0) is 19.4 Å². The number of rotatable bonds is 3. The summed E-state index contributed by atoms with van der Waals surface area (Å²) in [6, 6.07) is 16.2. The van der Waals surface area contributed by atoms with Crippen molar-refractivity contribution in [2.45, 2.75) is 52.2 Å². The molecule has 2 aromatic carbocycles. The molecule has 0 saturated heterocycles. The summed E-state index contributed by atoms with van der Waals surface area (Å²) in [5.74, 6) is 0. The van der Waals surface area contributed by atoms with Crippen molar-refractivity contribution in [3.05, 3.63) is 69.9 Å². The Bertz CT molecular complexity index is 939. The molecule has 3 heteroatoms. The second-order valence-corrected chi connectivity index (χ2v) is 8.19. The van der Waals surface area contributed by atoms with E-state index in [1.807, 2.05) is 6.07 Å². The van der Waals surface area contributed by atoms with Crippen LogP contribution in [0.1, 0.15) is 42.3 Å². The van der Waals surface area contributed by atoms with Crippen molar-refractivity contribution >= 4 is 22.5 Å². The molecule has 136 valence electrons. The molecule has 2 unspecified atom stereocenters. The van der Waals surface area contributed by atoms with Crippen LogP contribution in [-0.4, -0.2) is 22.6 Å². The van der Waals surface area contributed by atoms with E-state index < -0.39 is 0 Å². The molecule has 2 heterocycles. The van der Waals surface area contributed by atoms with Gasteiger partial charge in [-0.25, -0.2) is 0 Å². The normalized spacial score (nSPS) is 20.5. The Balaban J connectivity index is 1.81. The first-order valence-electron chi connectivity index (χ1n) is 9.54. The van der Waals surface area contributed by atoms with Gasteiger partial charge in [-0.1, -0.05) is 53.6 Å². The molecule has 0 bridgehead atoms. The van der Waals surface area contributed by atoms with Crippen LogP contribution in [0.5, 0.6) is 0 Å². The predicted molar refractivity (Wildman–Crippen MR) is 111 cm³/mol. The third-order valence-corrected chi connectivity index (χ3v) is 6.45. The number of hydrogen-bond donors (Lipinski definition) is 0. The third kappa shape index (κ3) is 2.86. The van der Waals surface area contributed by atoms with Crippen molar-refractivity contribution in [1.82, 2.24) is 9.47 Å². The fourth-order valence-corrected chi connectivity index (χ4v) is 4.66. The minimum Gasteiger partial charge on any atom is -0.343 e. The first-order chi connectivity index (χ1) is 12.5. The molecule has 1 aliphatic heterocycles. The van der Waals surface area contributed by atoms with Crippen LogP contribution in [0.25, 0.3) is 10.9 Å². The zero-order valence-electron chi connectivity index (χ0n) is 16.1. The lowest BCUT2D eigenvalue weighted by molar-refractivity contribution is 0.177. The van der Waals surface area contributed by atoms with Gasteiger partial charge in [-0.3, -0.25) is 4.90 Å². The largest absolute Gasteiger partial charge is 0.343 e. The molecule has 2 atom stereocenters. The van der Waals surface area contributed by atoms with Gasteiger partial charge in [0.1, 0.15) is 0 Å². The maximum atomic E-state index is 6.67. The SMILES string of the molecule is Cc1ccc(CCn2c3c(c4cccc(Cl)c42)C(C)N(C)C(C)C3)cc1. The first-order valence-corrected chi connectivity index (χ1v) is 9.92. The quantitative estimate of drug-likeness (QED) is 0.570. The second kappa shape index (κ2) is 6.75. The van der Waals surface area contributed by atoms with E-state index in [2.05, 4.69) is 73.7 Å². The number of fused-ring (bicyclic) bond motifs is 3. The minimum atomic E-state index is 0.412. The standard InChI is InChI=1S/C23H27ClN2/c1-15-8-10-18(11-9-15)12-13-26-21-14-16(2)25(4)17(3)22(21)19-6-5-7-20(24)23(19)26/h5-11,16-17H,12-14H2,1-4H3. The summed E-state index contributed by atoms with van der Waals surface area (Å²) in [5.41, 5.74) is 6.84. The third-order valence-electron chi connectivity index (χ3n) is 6.14. The van der Waals surface area contributed by atoms with E-state index in [1.54, 1.807) is 0 Å². The van der Waals surface area contributed by atoms with Gasteiger partial charge in [0.2, 0.25) is 0 Å². The summed E-state index contributed by atoms with van der Waals surface area (Å²) in [5, 5.41) is 2.19. The Labute approximate surface area is 161 Å². The summed E-state index contributed by atoms with van der Waals surface area (Å²) in [6.45, 7) is 7.75. The molecule has 26 heavy (non-hydrogen) atoms. The van der Waals surface area contributed by atoms with Crippen LogP contribution in [0.15, 0.2) is 42.5 Å². The van der Waals surface area contributed by atoms with Gasteiger partial charge >= 0.3 is 0 Å². The maximum absolute atomic E-state index is 6.67. The minimum absolute atomic E-state index is 0.412. The number of aryl methyl sites for hydroxylation is 3. The lowest BCUT2D eigenvalue weighted by Gasteiger charge is -2.36. The van der Waals surface area contributed by atoms with Crippen LogP contribution in [0, 0.1) is 6.92 Å². The molecule has 0 N–H and O–H groups in total. The second-order valence-electron chi connectivity index (χ2n) is 7.78. The molecule has 0 fully saturated rings. The molecule has 2 nitrogen and oxygen atoms in total. The molecular weight excluding hydrogens is 340 g/mol. The van der Waals surface area contributed by atoms with Crippen LogP contribution >= 0.6 is 11.6 Å². The van der Waals surface area contributed by atoms with E-state index in [0.717, 1.165) is 24.4 Å². The number of aromatic nitrogens is 1. The van der Waals surface area contributed by atoms with E-state index in [0.29, 0.717) is 12.1 Å². The van der Waals surface area contributed by atoms with E-state index >= 15 is 0 Å². The molecule has 0 amide bonds. The number of para-hydroxylation sites is 1. The summed E-state index contributed by atoms with van der Waals surface area (Å²) >= 11 is 6.67. The monoisotopic (exact) mass is 366 g/mol. The molecule has 0 spiro atoms. The number of hydrogen-bond acceptors (Lipinski definition) is 1.